The molecule has 0 unspecified atom stereocenters. The van der Waals surface area contributed by atoms with Gasteiger partial charge < -0.3 is 4.74 Å². The van der Waals surface area contributed by atoms with Crippen LogP contribution in [-0.4, -0.2) is 22.0 Å². The van der Waals surface area contributed by atoms with E-state index in [0.717, 1.165) is 16.9 Å². The Bertz CT molecular complexity index is 689. The minimum absolute atomic E-state index is 0.368. The van der Waals surface area contributed by atoms with Crippen LogP contribution in [0.1, 0.15) is 28.7 Å². The summed E-state index contributed by atoms with van der Waals surface area (Å²) in [6.07, 6.45) is -0.769. The summed E-state index contributed by atoms with van der Waals surface area (Å²) in [5.41, 5.74) is 3.42. The lowest BCUT2D eigenvalue weighted by molar-refractivity contribution is 0.0435. The van der Waals surface area contributed by atoms with E-state index < -0.39 is 12.1 Å². The molecule has 19 heavy (non-hydrogen) atoms. The topological polar surface area (TPSA) is 75.9 Å². The van der Waals surface area contributed by atoms with Crippen LogP contribution < -0.4 is 0 Å². The number of hydrogen-bond acceptors (Lipinski definition) is 5. The minimum Gasteiger partial charge on any atom is -0.444 e. The maximum Gasteiger partial charge on any atom is 0.339 e. The number of ether oxygens (including phenoxy) is 1. The van der Waals surface area contributed by atoms with Crippen molar-refractivity contribution in [2.24, 2.45) is 0 Å². The van der Waals surface area contributed by atoms with Gasteiger partial charge in [-0.1, -0.05) is 0 Å². The normalized spacial score (nSPS) is 11.9. The molecule has 0 bridgehead atoms. The molecule has 2 aromatic rings. The molecule has 0 fully saturated rings. The summed E-state index contributed by atoms with van der Waals surface area (Å²) >= 11 is 0. The number of fused-ring (bicyclic) bond motifs is 1. The number of hydrogen-bond donors (Lipinski definition) is 0. The van der Waals surface area contributed by atoms with E-state index in [2.05, 4.69) is 9.97 Å². The van der Waals surface area contributed by atoms with Gasteiger partial charge in [0.2, 0.25) is 0 Å². The summed E-state index contributed by atoms with van der Waals surface area (Å²) in [4.78, 5) is 20.6. The quantitative estimate of drug-likeness (QED) is 0.770. The van der Waals surface area contributed by atoms with Gasteiger partial charge in [-0.2, -0.15) is 5.26 Å². The highest BCUT2D eigenvalue weighted by molar-refractivity contribution is 5.93. The molecule has 0 N–H and O–H groups in total. The van der Waals surface area contributed by atoms with E-state index in [1.54, 1.807) is 18.2 Å². The summed E-state index contributed by atoms with van der Waals surface area (Å²) in [6.45, 7) is 5.27. The third kappa shape index (κ3) is 2.68. The number of esters is 1. The van der Waals surface area contributed by atoms with Gasteiger partial charge in [-0.15, -0.1) is 0 Å². The second kappa shape index (κ2) is 5.02. The van der Waals surface area contributed by atoms with E-state index in [1.165, 1.54) is 6.92 Å². The van der Waals surface area contributed by atoms with E-state index in [4.69, 9.17) is 10.00 Å². The van der Waals surface area contributed by atoms with Crippen LogP contribution in [0.2, 0.25) is 0 Å². The first-order valence-corrected chi connectivity index (χ1v) is 5.87. The number of aromatic nitrogens is 2. The van der Waals surface area contributed by atoms with Crippen LogP contribution in [0.25, 0.3) is 11.0 Å². The van der Waals surface area contributed by atoms with Crippen molar-refractivity contribution in [3.8, 4) is 6.07 Å². The third-order valence-corrected chi connectivity index (χ3v) is 2.78. The Morgan fingerprint density at radius 2 is 1.89 bits per heavy atom. The first kappa shape index (κ1) is 13.0. The van der Waals surface area contributed by atoms with Crippen LogP contribution in [0.5, 0.6) is 0 Å². The van der Waals surface area contributed by atoms with Crippen LogP contribution in [0.4, 0.5) is 0 Å². The Morgan fingerprint density at radius 3 is 2.53 bits per heavy atom. The summed E-state index contributed by atoms with van der Waals surface area (Å²) in [7, 11) is 0. The smallest absolute Gasteiger partial charge is 0.339 e. The van der Waals surface area contributed by atoms with E-state index >= 15 is 0 Å². The maximum atomic E-state index is 11.8. The van der Waals surface area contributed by atoms with Gasteiger partial charge in [0.25, 0.3) is 0 Å². The first-order valence-electron chi connectivity index (χ1n) is 5.87. The van der Waals surface area contributed by atoms with E-state index in [-0.39, 0.29) is 0 Å². The fourth-order valence-electron chi connectivity index (χ4n) is 1.61. The fraction of sp³-hybridized carbons (Fsp3) is 0.286. The van der Waals surface area contributed by atoms with Crippen LogP contribution in [0.3, 0.4) is 0 Å². The zero-order chi connectivity index (χ0) is 14.0. The van der Waals surface area contributed by atoms with Gasteiger partial charge in [-0.3, -0.25) is 0 Å². The maximum absolute atomic E-state index is 11.8. The van der Waals surface area contributed by atoms with Crippen molar-refractivity contribution in [3.63, 3.8) is 0 Å². The molecule has 0 spiro atoms. The Balaban J connectivity index is 2.39. The number of carbonyl (C=O) groups is 1. The van der Waals surface area contributed by atoms with Gasteiger partial charge >= 0.3 is 5.97 Å². The lowest BCUT2D eigenvalue weighted by Crippen LogP contribution is -2.13. The fourth-order valence-corrected chi connectivity index (χ4v) is 1.61. The highest BCUT2D eigenvalue weighted by Gasteiger charge is 2.12. The average molecular weight is 255 g/mol. The third-order valence-electron chi connectivity index (χ3n) is 2.78. The molecule has 0 aliphatic carbocycles. The molecule has 5 heteroatoms. The predicted molar refractivity (Wildman–Crippen MR) is 69.5 cm³/mol. The van der Waals surface area contributed by atoms with Crippen molar-refractivity contribution >= 4 is 17.0 Å². The van der Waals surface area contributed by atoms with Crippen LogP contribution >= 0.6 is 0 Å². The highest BCUT2D eigenvalue weighted by Crippen LogP contribution is 2.15. The summed E-state index contributed by atoms with van der Waals surface area (Å²) in [5.74, 6) is -0.532. The lowest BCUT2D eigenvalue weighted by atomic mass is 10.2. The number of nitrogens with zero attached hydrogens (tertiary/aromatic N) is 3. The second-order valence-corrected chi connectivity index (χ2v) is 4.27. The van der Waals surface area contributed by atoms with Gasteiger partial charge in [-0.05, 0) is 39.0 Å². The van der Waals surface area contributed by atoms with Gasteiger partial charge in [0.1, 0.15) is 6.07 Å². The Morgan fingerprint density at radius 1 is 1.26 bits per heavy atom. The Hall–Kier alpha value is -2.48. The number of aryl methyl sites for hydroxylation is 2. The number of carbonyl (C=O) groups excluding carboxylic acids is 1. The Kier molecular flexibility index (Phi) is 3.43. The molecule has 5 nitrogen and oxygen atoms in total. The Labute approximate surface area is 110 Å². The SMILES string of the molecule is Cc1nc2ccc(C(=O)O[C@H](C)C#N)cc2nc1C. The van der Waals surface area contributed by atoms with E-state index in [9.17, 15) is 4.79 Å². The van der Waals surface area contributed by atoms with Crippen molar-refractivity contribution < 1.29 is 9.53 Å². The molecular formula is C14H13N3O2. The summed E-state index contributed by atoms with van der Waals surface area (Å²) < 4.78 is 4.94. The molecule has 1 atom stereocenters. The zero-order valence-corrected chi connectivity index (χ0v) is 11.0. The predicted octanol–water partition coefficient (Wildman–Crippen LogP) is 2.32. The van der Waals surface area contributed by atoms with E-state index in [0.29, 0.717) is 11.1 Å². The van der Waals surface area contributed by atoms with Crippen molar-refractivity contribution in [3.05, 3.63) is 35.2 Å². The second-order valence-electron chi connectivity index (χ2n) is 4.27. The van der Waals surface area contributed by atoms with Gasteiger partial charge in [0.15, 0.2) is 6.10 Å². The van der Waals surface area contributed by atoms with Crippen molar-refractivity contribution in [1.82, 2.24) is 9.97 Å². The molecule has 0 aliphatic rings. The van der Waals surface area contributed by atoms with Crippen LogP contribution in [-0.2, 0) is 4.74 Å². The average Bonchev–Trinajstić information content (AvgIpc) is 2.39. The number of benzene rings is 1. The molecule has 0 saturated heterocycles. The van der Waals surface area contributed by atoms with Crippen LogP contribution in [0.15, 0.2) is 18.2 Å². The largest absolute Gasteiger partial charge is 0.444 e. The van der Waals surface area contributed by atoms with Crippen LogP contribution in [0, 0.1) is 25.2 Å². The van der Waals surface area contributed by atoms with E-state index in [1.807, 2.05) is 19.9 Å². The van der Waals surface area contributed by atoms with Crippen molar-refractivity contribution in [2.75, 3.05) is 0 Å². The minimum atomic E-state index is -0.769. The van der Waals surface area contributed by atoms with Gasteiger partial charge in [0.05, 0.1) is 28.0 Å². The summed E-state index contributed by atoms with van der Waals surface area (Å²) in [5, 5.41) is 8.62. The molecule has 1 aromatic heterocycles. The molecule has 0 amide bonds. The molecule has 96 valence electrons. The van der Waals surface area contributed by atoms with Crippen molar-refractivity contribution in [1.29, 1.82) is 5.26 Å². The van der Waals surface area contributed by atoms with Crippen molar-refractivity contribution in [2.45, 2.75) is 26.9 Å². The number of rotatable bonds is 2. The highest BCUT2D eigenvalue weighted by atomic mass is 16.5. The molecule has 1 heterocycles. The van der Waals surface area contributed by atoms with Gasteiger partial charge in [-0.25, -0.2) is 14.8 Å². The molecule has 0 saturated carbocycles. The lowest BCUT2D eigenvalue weighted by Gasteiger charge is -2.07. The monoisotopic (exact) mass is 255 g/mol. The molecule has 1 aromatic carbocycles. The summed E-state index contributed by atoms with van der Waals surface area (Å²) in [6, 6.07) is 6.82. The number of nitriles is 1. The van der Waals surface area contributed by atoms with Gasteiger partial charge in [0, 0.05) is 0 Å². The molecule has 0 aliphatic heterocycles. The standard InChI is InChI=1S/C14H13N3O2/c1-8(7-15)19-14(18)11-4-5-12-13(6-11)17-10(3)9(2)16-12/h4-6,8H,1-3H3/t8-/m1/s1. The molecule has 0 radical (unpaired) electrons. The molecule has 2 rings (SSSR count). The molecular weight excluding hydrogens is 242 g/mol. The zero-order valence-electron chi connectivity index (χ0n) is 11.0. The first-order chi connectivity index (χ1) is 9.01.